The van der Waals surface area contributed by atoms with Gasteiger partial charge in [0.05, 0.1) is 11.3 Å². The summed E-state index contributed by atoms with van der Waals surface area (Å²) in [6.07, 6.45) is 1.99. The Kier molecular flexibility index (Phi) is 2.67. The summed E-state index contributed by atoms with van der Waals surface area (Å²) in [5, 5.41) is 21.9. The van der Waals surface area contributed by atoms with E-state index in [1.54, 1.807) is 11.8 Å². The second-order valence-corrected chi connectivity index (χ2v) is 4.67. The minimum Gasteiger partial charge on any atom is -0.506 e. The van der Waals surface area contributed by atoms with E-state index in [4.69, 9.17) is 5.11 Å². The summed E-state index contributed by atoms with van der Waals surface area (Å²) in [5.41, 5.74) is 0.601. The van der Waals surface area contributed by atoms with Crippen LogP contribution in [-0.2, 0) is 6.61 Å². The number of aromatic hydroxyl groups is 1. The minimum absolute atomic E-state index is 0.118. The number of thioether (sulfide) groups is 1. The van der Waals surface area contributed by atoms with Gasteiger partial charge in [0.2, 0.25) is 0 Å². The van der Waals surface area contributed by atoms with Crippen molar-refractivity contribution in [3.8, 4) is 5.75 Å². The van der Waals surface area contributed by atoms with E-state index < -0.39 is 0 Å². The molecule has 0 aliphatic rings. The summed E-state index contributed by atoms with van der Waals surface area (Å²) in [7, 11) is 0. The van der Waals surface area contributed by atoms with Crippen molar-refractivity contribution in [1.29, 1.82) is 0 Å². The van der Waals surface area contributed by atoms with E-state index >= 15 is 0 Å². The maximum Gasteiger partial charge on any atom is 0.138 e. The molecule has 0 saturated heterocycles. The molecule has 0 fully saturated rings. The van der Waals surface area contributed by atoms with E-state index in [0.717, 1.165) is 15.0 Å². The molecule has 0 spiro atoms. The topological polar surface area (TPSA) is 40.5 Å². The van der Waals surface area contributed by atoms with E-state index in [2.05, 4.69) is 0 Å². The SMILES string of the molecule is CSc1cc(CO)c(O)c2sccc12. The molecule has 0 radical (unpaired) electrons. The Balaban J connectivity index is 2.80. The normalized spacial score (nSPS) is 11.0. The maximum atomic E-state index is 9.80. The summed E-state index contributed by atoms with van der Waals surface area (Å²) in [6, 6.07) is 3.84. The van der Waals surface area contributed by atoms with Gasteiger partial charge in [-0.2, -0.15) is 0 Å². The van der Waals surface area contributed by atoms with Crippen LogP contribution in [0.1, 0.15) is 5.56 Å². The smallest absolute Gasteiger partial charge is 0.138 e. The zero-order valence-corrected chi connectivity index (χ0v) is 9.28. The summed E-state index contributed by atoms with van der Waals surface area (Å²) in [6.45, 7) is -0.118. The lowest BCUT2D eigenvalue weighted by Gasteiger charge is -2.06. The number of hydrogen-bond acceptors (Lipinski definition) is 4. The highest BCUT2D eigenvalue weighted by molar-refractivity contribution is 7.98. The van der Waals surface area contributed by atoms with E-state index in [9.17, 15) is 5.11 Å². The molecule has 0 unspecified atom stereocenters. The monoisotopic (exact) mass is 226 g/mol. The summed E-state index contributed by atoms with van der Waals surface area (Å²) in [4.78, 5) is 1.10. The molecule has 14 heavy (non-hydrogen) atoms. The van der Waals surface area contributed by atoms with E-state index in [-0.39, 0.29) is 12.4 Å². The van der Waals surface area contributed by atoms with Gasteiger partial charge in [0.25, 0.3) is 0 Å². The Morgan fingerprint density at radius 3 is 2.93 bits per heavy atom. The van der Waals surface area contributed by atoms with Crippen LogP contribution in [0.25, 0.3) is 10.1 Å². The molecule has 1 aromatic carbocycles. The zero-order valence-electron chi connectivity index (χ0n) is 7.65. The molecule has 1 heterocycles. The molecule has 1 aromatic heterocycles. The van der Waals surface area contributed by atoms with Gasteiger partial charge in [0, 0.05) is 15.8 Å². The molecule has 2 N–H and O–H groups in total. The fraction of sp³-hybridized carbons (Fsp3) is 0.200. The highest BCUT2D eigenvalue weighted by atomic mass is 32.2. The Hall–Kier alpha value is -0.710. The second-order valence-electron chi connectivity index (χ2n) is 2.91. The van der Waals surface area contributed by atoms with Crippen molar-refractivity contribution >= 4 is 33.2 Å². The van der Waals surface area contributed by atoms with Gasteiger partial charge in [0.15, 0.2) is 0 Å². The number of aliphatic hydroxyl groups excluding tert-OH is 1. The van der Waals surface area contributed by atoms with Crippen molar-refractivity contribution < 1.29 is 10.2 Å². The maximum absolute atomic E-state index is 9.80. The van der Waals surface area contributed by atoms with Gasteiger partial charge in [-0.15, -0.1) is 23.1 Å². The van der Waals surface area contributed by atoms with E-state index in [1.165, 1.54) is 11.3 Å². The molecule has 2 aromatic rings. The largest absolute Gasteiger partial charge is 0.506 e. The molecule has 74 valence electrons. The van der Waals surface area contributed by atoms with Crippen molar-refractivity contribution in [1.82, 2.24) is 0 Å². The predicted octanol–water partition coefficient (Wildman–Crippen LogP) is 2.82. The Morgan fingerprint density at radius 2 is 2.29 bits per heavy atom. The number of rotatable bonds is 2. The van der Waals surface area contributed by atoms with Crippen molar-refractivity contribution in [2.45, 2.75) is 11.5 Å². The zero-order chi connectivity index (χ0) is 10.1. The lowest BCUT2D eigenvalue weighted by atomic mass is 10.1. The minimum atomic E-state index is -0.118. The number of hydrogen-bond donors (Lipinski definition) is 2. The first-order chi connectivity index (χ1) is 6.77. The summed E-state index contributed by atoms with van der Waals surface area (Å²) in [5.74, 6) is 0.218. The standard InChI is InChI=1S/C10H10O2S2/c1-13-8-4-6(5-11)9(12)10-7(8)2-3-14-10/h2-4,11-12H,5H2,1H3. The molecule has 0 aliphatic carbocycles. The molecule has 0 atom stereocenters. The molecule has 0 saturated carbocycles. The molecule has 0 aliphatic heterocycles. The average molecular weight is 226 g/mol. The average Bonchev–Trinajstić information content (AvgIpc) is 2.68. The van der Waals surface area contributed by atoms with Gasteiger partial charge < -0.3 is 10.2 Å². The molecular weight excluding hydrogens is 216 g/mol. The van der Waals surface area contributed by atoms with Gasteiger partial charge in [-0.3, -0.25) is 0 Å². The van der Waals surface area contributed by atoms with Crippen LogP contribution < -0.4 is 0 Å². The predicted molar refractivity (Wildman–Crippen MR) is 61.2 cm³/mol. The van der Waals surface area contributed by atoms with Crippen LogP contribution in [0.5, 0.6) is 5.75 Å². The molecular formula is C10H10O2S2. The van der Waals surface area contributed by atoms with Gasteiger partial charge in [-0.05, 0) is 23.8 Å². The fourth-order valence-corrected chi connectivity index (χ4v) is 3.03. The van der Waals surface area contributed by atoms with Crippen LogP contribution in [0, 0.1) is 0 Å². The van der Waals surface area contributed by atoms with Crippen molar-refractivity contribution in [2.24, 2.45) is 0 Å². The second kappa shape index (κ2) is 3.81. The first-order valence-corrected chi connectivity index (χ1v) is 6.25. The van der Waals surface area contributed by atoms with Crippen molar-refractivity contribution in [3.63, 3.8) is 0 Å². The molecule has 2 rings (SSSR count). The van der Waals surface area contributed by atoms with E-state index in [0.29, 0.717) is 5.56 Å². The molecule has 0 bridgehead atoms. The van der Waals surface area contributed by atoms with Crippen molar-refractivity contribution in [2.75, 3.05) is 6.26 Å². The third-order valence-electron chi connectivity index (χ3n) is 2.15. The number of phenols is 1. The van der Waals surface area contributed by atoms with Crippen LogP contribution in [-0.4, -0.2) is 16.5 Å². The Bertz CT molecular complexity index is 462. The number of fused-ring (bicyclic) bond motifs is 1. The first kappa shape index (κ1) is 9.83. The number of aliphatic hydroxyl groups is 1. The Morgan fingerprint density at radius 1 is 1.50 bits per heavy atom. The number of thiophene rings is 1. The van der Waals surface area contributed by atoms with Crippen molar-refractivity contribution in [3.05, 3.63) is 23.1 Å². The quantitative estimate of drug-likeness (QED) is 0.774. The summed E-state index contributed by atoms with van der Waals surface area (Å²) < 4.78 is 0.862. The van der Waals surface area contributed by atoms with Crippen LogP contribution in [0.15, 0.2) is 22.4 Å². The first-order valence-electron chi connectivity index (χ1n) is 4.14. The van der Waals surface area contributed by atoms with Crippen LogP contribution in [0.2, 0.25) is 0 Å². The number of benzene rings is 1. The molecule has 4 heteroatoms. The van der Waals surface area contributed by atoms with Gasteiger partial charge in [-0.25, -0.2) is 0 Å². The van der Waals surface area contributed by atoms with E-state index in [1.807, 2.05) is 23.8 Å². The lowest BCUT2D eigenvalue weighted by Crippen LogP contribution is -1.85. The Labute approximate surface area is 90.2 Å². The van der Waals surface area contributed by atoms with Crippen LogP contribution >= 0.6 is 23.1 Å². The highest BCUT2D eigenvalue weighted by Crippen LogP contribution is 2.38. The van der Waals surface area contributed by atoms with Gasteiger partial charge in [0.1, 0.15) is 5.75 Å². The molecule has 2 nitrogen and oxygen atoms in total. The lowest BCUT2D eigenvalue weighted by molar-refractivity contribution is 0.276. The van der Waals surface area contributed by atoms with Gasteiger partial charge in [-0.1, -0.05) is 0 Å². The third kappa shape index (κ3) is 1.39. The third-order valence-corrected chi connectivity index (χ3v) is 3.84. The summed E-state index contributed by atoms with van der Waals surface area (Å²) >= 11 is 3.12. The molecule has 0 amide bonds. The fourth-order valence-electron chi connectivity index (χ4n) is 1.43. The van der Waals surface area contributed by atoms with Crippen LogP contribution in [0.4, 0.5) is 0 Å². The van der Waals surface area contributed by atoms with Gasteiger partial charge >= 0.3 is 0 Å². The highest BCUT2D eigenvalue weighted by Gasteiger charge is 2.11. The van der Waals surface area contributed by atoms with Crippen LogP contribution in [0.3, 0.4) is 0 Å².